The third-order valence-electron chi connectivity index (χ3n) is 3.85. The lowest BCUT2D eigenvalue weighted by Gasteiger charge is -2.30. The van der Waals surface area contributed by atoms with Gasteiger partial charge in [0.15, 0.2) is 5.82 Å². The molecule has 0 radical (unpaired) electrons. The highest BCUT2D eigenvalue weighted by Crippen LogP contribution is 2.28. The molecule has 0 unspecified atom stereocenters. The minimum absolute atomic E-state index is 0.149. The van der Waals surface area contributed by atoms with Crippen molar-refractivity contribution in [3.8, 4) is 5.88 Å². The van der Waals surface area contributed by atoms with E-state index >= 15 is 0 Å². The van der Waals surface area contributed by atoms with Gasteiger partial charge < -0.3 is 15.1 Å². The van der Waals surface area contributed by atoms with Crippen molar-refractivity contribution < 1.29 is 4.74 Å². The summed E-state index contributed by atoms with van der Waals surface area (Å²) in [5.41, 5.74) is 3.37. The fourth-order valence-corrected chi connectivity index (χ4v) is 2.35. The number of nitrogens with zero attached hydrogens (tertiary/aromatic N) is 3. The van der Waals surface area contributed by atoms with Crippen molar-refractivity contribution >= 4 is 5.82 Å². The molecule has 1 aromatic heterocycles. The Hall–Kier alpha value is -1.40. The predicted octanol–water partition coefficient (Wildman–Crippen LogP) is 1.84. The highest BCUT2D eigenvalue weighted by molar-refractivity contribution is 5.48. The zero-order chi connectivity index (χ0) is 15.6. The fraction of sp³-hybridized carbons (Fsp3) is 0.733. The van der Waals surface area contributed by atoms with Gasteiger partial charge in [0, 0.05) is 18.5 Å². The molecule has 2 rings (SSSR count). The number of nitrogens with two attached hydrogens (primary N) is 1. The first-order chi connectivity index (χ1) is 9.81. The minimum atomic E-state index is -0.149. The number of hydrazine groups is 1. The summed E-state index contributed by atoms with van der Waals surface area (Å²) >= 11 is 0. The number of hydrogen-bond acceptors (Lipinski definition) is 6. The van der Waals surface area contributed by atoms with E-state index in [0.717, 1.165) is 37.3 Å². The maximum Gasteiger partial charge on any atom is 0.222 e. The standard InChI is InChI=1S/C15H27N5O/c1-10-12(19-16)17-14(15(2,3)4)18-13(10)21-11-6-8-20(5)9-7-11/h11H,6-9,16H2,1-5H3,(H,17,18,19). The van der Waals surface area contributed by atoms with E-state index in [2.05, 4.69) is 48.1 Å². The quantitative estimate of drug-likeness (QED) is 0.654. The van der Waals surface area contributed by atoms with E-state index < -0.39 is 0 Å². The first-order valence-corrected chi connectivity index (χ1v) is 7.52. The van der Waals surface area contributed by atoms with E-state index in [-0.39, 0.29) is 11.5 Å². The zero-order valence-electron chi connectivity index (χ0n) is 13.7. The molecular formula is C15H27N5O. The van der Waals surface area contributed by atoms with Gasteiger partial charge in [-0.1, -0.05) is 20.8 Å². The van der Waals surface area contributed by atoms with Crippen molar-refractivity contribution in [1.82, 2.24) is 14.9 Å². The summed E-state index contributed by atoms with van der Waals surface area (Å²) in [5.74, 6) is 7.61. The Labute approximate surface area is 127 Å². The Morgan fingerprint density at radius 3 is 2.38 bits per heavy atom. The van der Waals surface area contributed by atoms with E-state index in [1.54, 1.807) is 0 Å². The van der Waals surface area contributed by atoms with Crippen LogP contribution in [0.2, 0.25) is 0 Å². The second-order valence-corrected chi connectivity index (χ2v) is 6.84. The molecule has 1 aromatic rings. The van der Waals surface area contributed by atoms with Gasteiger partial charge in [0.25, 0.3) is 0 Å². The van der Waals surface area contributed by atoms with E-state index in [9.17, 15) is 0 Å². The van der Waals surface area contributed by atoms with Crippen LogP contribution in [-0.2, 0) is 5.41 Å². The lowest BCUT2D eigenvalue weighted by atomic mass is 9.95. The molecular weight excluding hydrogens is 266 g/mol. The topological polar surface area (TPSA) is 76.3 Å². The number of rotatable bonds is 3. The van der Waals surface area contributed by atoms with Crippen LogP contribution in [0.5, 0.6) is 5.88 Å². The SMILES string of the molecule is Cc1c(NN)nc(C(C)(C)C)nc1OC1CCN(C)CC1. The summed E-state index contributed by atoms with van der Waals surface area (Å²) in [4.78, 5) is 11.4. The first kappa shape index (κ1) is 16.0. The lowest BCUT2D eigenvalue weighted by molar-refractivity contribution is 0.108. The number of hydrogen-bond donors (Lipinski definition) is 2. The van der Waals surface area contributed by atoms with Crippen LogP contribution in [0.4, 0.5) is 5.82 Å². The van der Waals surface area contributed by atoms with Crippen molar-refractivity contribution in [2.75, 3.05) is 25.6 Å². The Bertz CT molecular complexity index is 490. The Balaban J connectivity index is 2.25. The van der Waals surface area contributed by atoms with Gasteiger partial charge in [-0.25, -0.2) is 10.8 Å². The molecule has 0 aliphatic carbocycles. The van der Waals surface area contributed by atoms with Crippen molar-refractivity contribution in [2.45, 2.75) is 52.1 Å². The number of likely N-dealkylation sites (tertiary alicyclic amines) is 1. The van der Waals surface area contributed by atoms with Gasteiger partial charge >= 0.3 is 0 Å². The molecule has 0 bridgehead atoms. The smallest absolute Gasteiger partial charge is 0.222 e. The summed E-state index contributed by atoms with van der Waals surface area (Å²) in [5, 5.41) is 0. The van der Waals surface area contributed by atoms with Crippen molar-refractivity contribution in [3.63, 3.8) is 0 Å². The third-order valence-corrected chi connectivity index (χ3v) is 3.85. The number of aromatic nitrogens is 2. The van der Waals surface area contributed by atoms with Crippen LogP contribution in [0.1, 0.15) is 45.0 Å². The molecule has 21 heavy (non-hydrogen) atoms. The average molecular weight is 293 g/mol. The molecule has 0 atom stereocenters. The summed E-state index contributed by atoms with van der Waals surface area (Å²) in [6.45, 7) is 10.3. The minimum Gasteiger partial charge on any atom is -0.474 e. The summed E-state index contributed by atoms with van der Waals surface area (Å²) in [6, 6.07) is 0. The Morgan fingerprint density at radius 1 is 1.24 bits per heavy atom. The fourth-order valence-electron chi connectivity index (χ4n) is 2.35. The van der Waals surface area contributed by atoms with Crippen LogP contribution in [-0.4, -0.2) is 41.1 Å². The molecule has 1 aliphatic heterocycles. The summed E-state index contributed by atoms with van der Waals surface area (Å²) in [6.07, 6.45) is 2.26. The van der Waals surface area contributed by atoms with Crippen LogP contribution < -0.4 is 16.0 Å². The molecule has 6 heteroatoms. The summed E-state index contributed by atoms with van der Waals surface area (Å²) < 4.78 is 6.14. The van der Waals surface area contributed by atoms with Gasteiger partial charge in [0.1, 0.15) is 11.9 Å². The van der Waals surface area contributed by atoms with Crippen LogP contribution >= 0.6 is 0 Å². The molecule has 2 heterocycles. The highest BCUT2D eigenvalue weighted by Gasteiger charge is 2.24. The Morgan fingerprint density at radius 2 is 1.86 bits per heavy atom. The van der Waals surface area contributed by atoms with Crippen LogP contribution in [0.3, 0.4) is 0 Å². The largest absolute Gasteiger partial charge is 0.474 e. The van der Waals surface area contributed by atoms with E-state index in [1.807, 2.05) is 6.92 Å². The molecule has 0 saturated carbocycles. The molecule has 6 nitrogen and oxygen atoms in total. The predicted molar refractivity (Wildman–Crippen MR) is 84.4 cm³/mol. The first-order valence-electron chi connectivity index (χ1n) is 7.52. The lowest BCUT2D eigenvalue weighted by Crippen LogP contribution is -2.36. The van der Waals surface area contributed by atoms with Gasteiger partial charge in [-0.2, -0.15) is 4.98 Å². The van der Waals surface area contributed by atoms with Crippen LogP contribution in [0.25, 0.3) is 0 Å². The summed E-state index contributed by atoms with van der Waals surface area (Å²) in [7, 11) is 2.14. The molecule has 0 spiro atoms. The number of anilines is 1. The van der Waals surface area contributed by atoms with E-state index in [1.165, 1.54) is 0 Å². The van der Waals surface area contributed by atoms with Crippen molar-refractivity contribution in [2.24, 2.45) is 5.84 Å². The van der Waals surface area contributed by atoms with Crippen molar-refractivity contribution in [1.29, 1.82) is 0 Å². The second-order valence-electron chi connectivity index (χ2n) is 6.84. The molecule has 1 fully saturated rings. The number of piperidine rings is 1. The number of nitrogen functional groups attached to an aromatic ring is 1. The molecule has 0 aromatic carbocycles. The van der Waals surface area contributed by atoms with Gasteiger partial charge in [0.05, 0.1) is 5.56 Å². The third kappa shape index (κ3) is 3.83. The number of nitrogens with one attached hydrogen (secondary N) is 1. The molecule has 0 amide bonds. The number of ether oxygens (including phenoxy) is 1. The molecule has 118 valence electrons. The Kier molecular flexibility index (Phi) is 4.68. The molecule has 1 aliphatic rings. The molecule has 1 saturated heterocycles. The normalized spacial score (nSPS) is 17.8. The maximum absolute atomic E-state index is 6.14. The monoisotopic (exact) mass is 293 g/mol. The van der Waals surface area contributed by atoms with Gasteiger partial charge in [0.2, 0.25) is 5.88 Å². The van der Waals surface area contributed by atoms with Gasteiger partial charge in [-0.15, -0.1) is 0 Å². The van der Waals surface area contributed by atoms with Crippen LogP contribution in [0.15, 0.2) is 0 Å². The second kappa shape index (κ2) is 6.15. The maximum atomic E-state index is 6.14. The van der Waals surface area contributed by atoms with Crippen molar-refractivity contribution in [3.05, 3.63) is 11.4 Å². The van der Waals surface area contributed by atoms with Gasteiger partial charge in [-0.3, -0.25) is 0 Å². The van der Waals surface area contributed by atoms with E-state index in [0.29, 0.717) is 11.7 Å². The highest BCUT2D eigenvalue weighted by atomic mass is 16.5. The van der Waals surface area contributed by atoms with E-state index in [4.69, 9.17) is 10.6 Å². The zero-order valence-corrected chi connectivity index (χ0v) is 13.7. The average Bonchev–Trinajstić information content (AvgIpc) is 2.42. The molecule has 3 N–H and O–H groups in total. The van der Waals surface area contributed by atoms with Gasteiger partial charge in [-0.05, 0) is 26.8 Å². The van der Waals surface area contributed by atoms with Crippen LogP contribution in [0, 0.1) is 6.92 Å².